The van der Waals surface area contributed by atoms with Crippen LogP contribution in [-0.2, 0) is 4.74 Å². The van der Waals surface area contributed by atoms with Gasteiger partial charge in [0.15, 0.2) is 0 Å². The molecule has 1 aromatic rings. The normalized spacial score (nSPS) is 15.2. The van der Waals surface area contributed by atoms with E-state index in [1.54, 1.807) is 18.4 Å². The molecule has 2 unspecified atom stereocenters. The number of hydrogen-bond donors (Lipinski definition) is 1. The molecular formula is C13H24N2OS. The zero-order valence-corrected chi connectivity index (χ0v) is 12.5. The van der Waals surface area contributed by atoms with Crippen LogP contribution >= 0.6 is 11.3 Å². The van der Waals surface area contributed by atoms with Gasteiger partial charge in [-0.05, 0) is 26.3 Å². The van der Waals surface area contributed by atoms with Gasteiger partial charge < -0.3 is 10.1 Å². The molecule has 2 atom stereocenters. The summed E-state index contributed by atoms with van der Waals surface area (Å²) in [7, 11) is 1.76. The van der Waals surface area contributed by atoms with E-state index in [4.69, 9.17) is 4.74 Å². The zero-order valence-electron chi connectivity index (χ0n) is 11.7. The summed E-state index contributed by atoms with van der Waals surface area (Å²) in [6, 6.07) is 0.371. The lowest BCUT2D eigenvalue weighted by atomic mass is 10.1. The molecule has 1 aromatic heterocycles. The summed E-state index contributed by atoms with van der Waals surface area (Å²) in [4.78, 5) is 5.98. The number of nitrogens with zero attached hydrogens (tertiary/aromatic N) is 1. The smallest absolute Gasteiger partial charge is 0.122 e. The fourth-order valence-electron chi connectivity index (χ4n) is 2.01. The molecule has 4 heteroatoms. The first-order valence-electron chi connectivity index (χ1n) is 6.24. The minimum atomic E-state index is 0.112. The third kappa shape index (κ3) is 3.50. The number of aryl methyl sites for hydroxylation is 1. The van der Waals surface area contributed by atoms with Gasteiger partial charge in [0.25, 0.3) is 0 Å². The predicted octanol–water partition coefficient (Wildman–Crippen LogP) is 3.47. The van der Waals surface area contributed by atoms with Gasteiger partial charge in [0.1, 0.15) is 11.1 Å². The second-order valence-electron chi connectivity index (χ2n) is 4.68. The molecule has 0 spiro atoms. The van der Waals surface area contributed by atoms with Crippen molar-refractivity contribution < 1.29 is 4.74 Å². The average molecular weight is 256 g/mol. The summed E-state index contributed by atoms with van der Waals surface area (Å²) in [5.74, 6) is 0.452. The first kappa shape index (κ1) is 14.6. The molecule has 0 aliphatic carbocycles. The molecule has 0 saturated carbocycles. The Morgan fingerprint density at radius 1 is 1.35 bits per heavy atom. The minimum absolute atomic E-state index is 0.112. The van der Waals surface area contributed by atoms with Crippen LogP contribution in [-0.4, -0.2) is 18.6 Å². The molecule has 1 rings (SSSR count). The second kappa shape index (κ2) is 6.47. The second-order valence-corrected chi connectivity index (χ2v) is 5.74. The number of rotatable bonds is 6. The molecule has 1 N–H and O–H groups in total. The van der Waals surface area contributed by atoms with Crippen LogP contribution < -0.4 is 5.32 Å². The summed E-state index contributed by atoms with van der Waals surface area (Å²) in [6.07, 6.45) is 0.112. The molecule has 0 bridgehead atoms. The molecule has 0 aliphatic rings. The number of ether oxygens (including phenoxy) is 1. The maximum Gasteiger partial charge on any atom is 0.122 e. The van der Waals surface area contributed by atoms with Gasteiger partial charge in [-0.3, -0.25) is 0 Å². The fraction of sp³-hybridized carbons (Fsp3) is 0.769. The first-order valence-corrected chi connectivity index (χ1v) is 7.06. The Bertz CT molecular complexity index is 349. The summed E-state index contributed by atoms with van der Waals surface area (Å²) < 4.78 is 5.53. The molecule has 0 amide bonds. The maximum atomic E-state index is 5.53. The minimum Gasteiger partial charge on any atom is -0.374 e. The molecule has 98 valence electrons. The van der Waals surface area contributed by atoms with Crippen LogP contribution in [0.3, 0.4) is 0 Å². The highest BCUT2D eigenvalue weighted by Crippen LogP contribution is 2.33. The van der Waals surface area contributed by atoms with E-state index >= 15 is 0 Å². The highest BCUT2D eigenvalue weighted by molar-refractivity contribution is 7.11. The molecule has 0 aliphatic heterocycles. The van der Waals surface area contributed by atoms with Gasteiger partial charge in [0, 0.05) is 18.0 Å². The van der Waals surface area contributed by atoms with E-state index in [2.05, 4.69) is 44.9 Å². The molecule has 0 fully saturated rings. The van der Waals surface area contributed by atoms with Gasteiger partial charge in [-0.15, -0.1) is 11.3 Å². The monoisotopic (exact) mass is 256 g/mol. The number of methoxy groups -OCH3 is 1. The number of hydrogen-bond acceptors (Lipinski definition) is 4. The standard InChI is InChI=1S/C13H24N2OS/c1-7-14-9(4)12-10(5)15-13(17-12)11(16-6)8(2)3/h8-9,11,14H,7H2,1-6H3. The highest BCUT2D eigenvalue weighted by atomic mass is 32.1. The lowest BCUT2D eigenvalue weighted by Crippen LogP contribution is -2.17. The zero-order chi connectivity index (χ0) is 13.0. The van der Waals surface area contributed by atoms with Crippen molar-refractivity contribution in [1.82, 2.24) is 10.3 Å². The molecule has 17 heavy (non-hydrogen) atoms. The van der Waals surface area contributed by atoms with Gasteiger partial charge in [-0.25, -0.2) is 4.98 Å². The lowest BCUT2D eigenvalue weighted by molar-refractivity contribution is 0.0643. The third-order valence-electron chi connectivity index (χ3n) is 2.86. The van der Waals surface area contributed by atoms with E-state index in [0.29, 0.717) is 12.0 Å². The first-order chi connectivity index (χ1) is 8.01. The van der Waals surface area contributed by atoms with Crippen molar-refractivity contribution in [2.45, 2.75) is 46.8 Å². The summed E-state index contributed by atoms with van der Waals surface area (Å²) in [6.45, 7) is 11.7. The van der Waals surface area contributed by atoms with Crippen LogP contribution in [0.2, 0.25) is 0 Å². The molecule has 3 nitrogen and oxygen atoms in total. The van der Waals surface area contributed by atoms with E-state index in [9.17, 15) is 0 Å². The molecule has 0 saturated heterocycles. The molecule has 0 aromatic carbocycles. The largest absolute Gasteiger partial charge is 0.374 e. The van der Waals surface area contributed by atoms with Crippen LogP contribution in [0.25, 0.3) is 0 Å². The predicted molar refractivity (Wildman–Crippen MR) is 73.5 cm³/mol. The van der Waals surface area contributed by atoms with E-state index in [1.165, 1.54) is 4.88 Å². The van der Waals surface area contributed by atoms with Crippen LogP contribution in [0.15, 0.2) is 0 Å². The molecule has 0 radical (unpaired) electrons. The van der Waals surface area contributed by atoms with E-state index in [-0.39, 0.29) is 6.10 Å². The van der Waals surface area contributed by atoms with Crippen molar-refractivity contribution in [3.63, 3.8) is 0 Å². The SMILES string of the molecule is CCNC(C)c1sc(C(OC)C(C)C)nc1C. The summed E-state index contributed by atoms with van der Waals surface area (Å²) >= 11 is 1.77. The number of thiazole rings is 1. The van der Waals surface area contributed by atoms with Crippen LogP contribution in [0.4, 0.5) is 0 Å². The Hall–Kier alpha value is -0.450. The Kier molecular flexibility index (Phi) is 5.56. The van der Waals surface area contributed by atoms with Gasteiger partial charge in [0.2, 0.25) is 0 Å². The maximum absolute atomic E-state index is 5.53. The molecular weight excluding hydrogens is 232 g/mol. The fourth-order valence-corrected chi connectivity index (χ4v) is 3.36. The number of nitrogens with one attached hydrogen (secondary N) is 1. The Morgan fingerprint density at radius 2 is 2.00 bits per heavy atom. The van der Waals surface area contributed by atoms with Crippen molar-refractivity contribution in [2.75, 3.05) is 13.7 Å². The van der Waals surface area contributed by atoms with Gasteiger partial charge in [0.05, 0.1) is 5.69 Å². The quantitative estimate of drug-likeness (QED) is 0.846. The van der Waals surface area contributed by atoms with Crippen LogP contribution in [0.1, 0.15) is 55.4 Å². The Morgan fingerprint density at radius 3 is 2.47 bits per heavy atom. The van der Waals surface area contributed by atoms with Crippen molar-refractivity contribution >= 4 is 11.3 Å². The van der Waals surface area contributed by atoms with Crippen LogP contribution in [0.5, 0.6) is 0 Å². The molecule has 1 heterocycles. The lowest BCUT2D eigenvalue weighted by Gasteiger charge is -2.16. The summed E-state index contributed by atoms with van der Waals surface area (Å²) in [5, 5.41) is 4.53. The van der Waals surface area contributed by atoms with Gasteiger partial charge >= 0.3 is 0 Å². The van der Waals surface area contributed by atoms with Crippen molar-refractivity contribution in [3.05, 3.63) is 15.6 Å². The topological polar surface area (TPSA) is 34.1 Å². The van der Waals surface area contributed by atoms with E-state index in [1.807, 2.05) is 0 Å². The van der Waals surface area contributed by atoms with Crippen LogP contribution in [0, 0.1) is 12.8 Å². The van der Waals surface area contributed by atoms with E-state index < -0.39 is 0 Å². The van der Waals surface area contributed by atoms with Crippen molar-refractivity contribution in [3.8, 4) is 0 Å². The average Bonchev–Trinajstić information content (AvgIpc) is 2.61. The van der Waals surface area contributed by atoms with Gasteiger partial charge in [-0.1, -0.05) is 20.8 Å². The summed E-state index contributed by atoms with van der Waals surface area (Å²) in [5.41, 5.74) is 1.13. The number of aromatic nitrogens is 1. The van der Waals surface area contributed by atoms with Crippen molar-refractivity contribution in [1.29, 1.82) is 0 Å². The Labute approximate surface area is 109 Å². The van der Waals surface area contributed by atoms with Crippen molar-refractivity contribution in [2.24, 2.45) is 5.92 Å². The van der Waals surface area contributed by atoms with E-state index in [0.717, 1.165) is 17.2 Å². The highest BCUT2D eigenvalue weighted by Gasteiger charge is 2.22. The third-order valence-corrected chi connectivity index (χ3v) is 4.26. The Balaban J connectivity index is 2.94. The van der Waals surface area contributed by atoms with Gasteiger partial charge in [-0.2, -0.15) is 0 Å².